The second-order valence-electron chi connectivity index (χ2n) is 5.90. The minimum atomic E-state index is 0.0430. The molecule has 0 bridgehead atoms. The van der Waals surface area contributed by atoms with Gasteiger partial charge in [0.15, 0.2) is 0 Å². The number of rotatable bonds is 5. The van der Waals surface area contributed by atoms with Gasteiger partial charge in [-0.3, -0.25) is 4.79 Å². The van der Waals surface area contributed by atoms with Gasteiger partial charge in [0.25, 0.3) is 0 Å². The van der Waals surface area contributed by atoms with E-state index in [2.05, 4.69) is 10.6 Å². The molecule has 0 unspecified atom stereocenters. The molecule has 1 aromatic carbocycles. The van der Waals surface area contributed by atoms with E-state index in [0.717, 1.165) is 17.8 Å². The lowest BCUT2D eigenvalue weighted by Gasteiger charge is -2.16. The van der Waals surface area contributed by atoms with Gasteiger partial charge in [-0.15, -0.1) is 0 Å². The summed E-state index contributed by atoms with van der Waals surface area (Å²) >= 11 is 5.96. The molecule has 2 rings (SSSR count). The maximum Gasteiger partial charge on any atom is 0.225 e. The number of amides is 1. The van der Waals surface area contributed by atoms with Crippen molar-refractivity contribution in [1.82, 2.24) is 5.32 Å². The third-order valence-corrected chi connectivity index (χ3v) is 4.35. The fraction of sp³-hybridized carbons (Fsp3) is 0.588. The highest BCUT2D eigenvalue weighted by molar-refractivity contribution is 6.31. The lowest BCUT2D eigenvalue weighted by atomic mass is 10.1. The summed E-state index contributed by atoms with van der Waals surface area (Å²) < 4.78 is 0. The van der Waals surface area contributed by atoms with Crippen molar-refractivity contribution in [3.8, 4) is 0 Å². The second kappa shape index (κ2) is 8.40. The smallest absolute Gasteiger partial charge is 0.225 e. The van der Waals surface area contributed by atoms with Crippen molar-refractivity contribution < 1.29 is 4.79 Å². The molecule has 1 aliphatic rings. The predicted octanol–water partition coefficient (Wildman–Crippen LogP) is 4.29. The Bertz CT molecular complexity index is 468. The lowest BCUT2D eigenvalue weighted by Crippen LogP contribution is -2.31. The number of aryl methyl sites for hydroxylation is 1. The van der Waals surface area contributed by atoms with E-state index in [0.29, 0.717) is 17.5 Å². The Balaban J connectivity index is 1.73. The zero-order valence-corrected chi connectivity index (χ0v) is 13.5. The molecule has 0 aromatic heterocycles. The fourth-order valence-corrected chi connectivity index (χ4v) is 2.99. The van der Waals surface area contributed by atoms with Crippen molar-refractivity contribution in [1.29, 1.82) is 0 Å². The molecule has 0 spiro atoms. The second-order valence-corrected chi connectivity index (χ2v) is 6.34. The molecular formula is C17H25ClN2O. The van der Waals surface area contributed by atoms with Gasteiger partial charge in [0.2, 0.25) is 5.91 Å². The van der Waals surface area contributed by atoms with Crippen molar-refractivity contribution in [2.75, 3.05) is 11.9 Å². The molecule has 3 nitrogen and oxygen atoms in total. The molecule has 0 saturated heterocycles. The first-order valence-electron chi connectivity index (χ1n) is 7.94. The summed E-state index contributed by atoms with van der Waals surface area (Å²) in [6.07, 6.45) is 8.32. The van der Waals surface area contributed by atoms with Gasteiger partial charge < -0.3 is 10.6 Å². The maximum absolute atomic E-state index is 12.0. The molecule has 0 radical (unpaired) electrons. The molecule has 1 saturated carbocycles. The van der Waals surface area contributed by atoms with E-state index >= 15 is 0 Å². The maximum atomic E-state index is 12.0. The van der Waals surface area contributed by atoms with E-state index in [4.69, 9.17) is 11.6 Å². The topological polar surface area (TPSA) is 41.1 Å². The van der Waals surface area contributed by atoms with E-state index in [1.165, 1.54) is 38.5 Å². The van der Waals surface area contributed by atoms with E-state index < -0.39 is 0 Å². The molecule has 21 heavy (non-hydrogen) atoms. The van der Waals surface area contributed by atoms with Crippen molar-refractivity contribution >= 4 is 23.2 Å². The molecule has 0 atom stereocenters. The van der Waals surface area contributed by atoms with Crippen LogP contribution in [0, 0.1) is 6.92 Å². The molecule has 2 N–H and O–H groups in total. The molecule has 4 heteroatoms. The normalized spacial score (nSPS) is 16.5. The SMILES string of the molecule is Cc1ccc(Cl)cc1NC(=O)CCNC1CCCCCC1. The van der Waals surface area contributed by atoms with Crippen LogP contribution >= 0.6 is 11.6 Å². The third-order valence-electron chi connectivity index (χ3n) is 4.11. The first kappa shape index (κ1) is 16.3. The Labute approximate surface area is 132 Å². The van der Waals surface area contributed by atoms with Gasteiger partial charge in [-0.1, -0.05) is 43.4 Å². The van der Waals surface area contributed by atoms with Crippen LogP contribution in [0.15, 0.2) is 18.2 Å². The van der Waals surface area contributed by atoms with Gasteiger partial charge in [0.05, 0.1) is 0 Å². The molecule has 0 heterocycles. The van der Waals surface area contributed by atoms with Crippen LogP contribution in [0.1, 0.15) is 50.5 Å². The minimum absolute atomic E-state index is 0.0430. The molecule has 1 aromatic rings. The fourth-order valence-electron chi connectivity index (χ4n) is 2.81. The summed E-state index contributed by atoms with van der Waals surface area (Å²) in [5, 5.41) is 7.10. The van der Waals surface area contributed by atoms with E-state index in [9.17, 15) is 4.79 Å². The van der Waals surface area contributed by atoms with Crippen LogP contribution in [-0.4, -0.2) is 18.5 Å². The summed E-state index contributed by atoms with van der Waals surface area (Å²) in [7, 11) is 0. The minimum Gasteiger partial charge on any atom is -0.326 e. The Morgan fingerprint density at radius 3 is 2.67 bits per heavy atom. The van der Waals surface area contributed by atoms with Gasteiger partial charge in [0, 0.05) is 29.7 Å². The van der Waals surface area contributed by atoms with Crippen LogP contribution < -0.4 is 10.6 Å². The zero-order valence-electron chi connectivity index (χ0n) is 12.8. The molecular weight excluding hydrogens is 284 g/mol. The Kier molecular flexibility index (Phi) is 6.52. The standard InChI is InChI=1S/C17H25ClN2O/c1-13-8-9-14(18)12-16(13)20-17(21)10-11-19-15-6-4-2-3-5-7-15/h8-9,12,15,19H,2-7,10-11H2,1H3,(H,20,21). The van der Waals surface area contributed by atoms with Crippen LogP contribution in [0.5, 0.6) is 0 Å². The highest BCUT2D eigenvalue weighted by Gasteiger charge is 2.12. The molecule has 1 amide bonds. The summed E-state index contributed by atoms with van der Waals surface area (Å²) in [4.78, 5) is 12.0. The monoisotopic (exact) mass is 308 g/mol. The quantitative estimate of drug-likeness (QED) is 0.797. The van der Waals surface area contributed by atoms with Crippen LogP contribution in [0.4, 0.5) is 5.69 Å². The van der Waals surface area contributed by atoms with Crippen LogP contribution in [0.25, 0.3) is 0 Å². The number of hydrogen-bond donors (Lipinski definition) is 2. The Morgan fingerprint density at radius 1 is 1.24 bits per heavy atom. The number of benzene rings is 1. The van der Waals surface area contributed by atoms with E-state index in [1.807, 2.05) is 19.1 Å². The van der Waals surface area contributed by atoms with Crippen molar-refractivity contribution in [3.05, 3.63) is 28.8 Å². The number of carbonyl (C=O) groups excluding carboxylic acids is 1. The van der Waals surface area contributed by atoms with Gasteiger partial charge >= 0.3 is 0 Å². The van der Waals surface area contributed by atoms with Crippen LogP contribution in [0.3, 0.4) is 0 Å². The first-order valence-corrected chi connectivity index (χ1v) is 8.32. The Morgan fingerprint density at radius 2 is 1.95 bits per heavy atom. The average molecular weight is 309 g/mol. The number of anilines is 1. The van der Waals surface area contributed by atoms with Crippen LogP contribution in [0.2, 0.25) is 5.02 Å². The first-order chi connectivity index (χ1) is 10.1. The summed E-state index contributed by atoms with van der Waals surface area (Å²) in [5.74, 6) is 0.0430. The van der Waals surface area contributed by atoms with Crippen molar-refractivity contribution in [2.24, 2.45) is 0 Å². The van der Waals surface area contributed by atoms with Gasteiger partial charge in [-0.2, -0.15) is 0 Å². The average Bonchev–Trinajstić information content (AvgIpc) is 2.72. The Hall–Kier alpha value is -1.06. The van der Waals surface area contributed by atoms with Gasteiger partial charge in [-0.05, 0) is 37.5 Å². The van der Waals surface area contributed by atoms with Crippen molar-refractivity contribution in [3.63, 3.8) is 0 Å². The number of halogens is 1. The summed E-state index contributed by atoms with van der Waals surface area (Å²) in [6, 6.07) is 6.14. The number of hydrogen-bond acceptors (Lipinski definition) is 2. The lowest BCUT2D eigenvalue weighted by molar-refractivity contribution is -0.116. The number of nitrogens with one attached hydrogen (secondary N) is 2. The zero-order chi connectivity index (χ0) is 15.1. The highest BCUT2D eigenvalue weighted by atomic mass is 35.5. The van der Waals surface area contributed by atoms with Gasteiger partial charge in [0.1, 0.15) is 0 Å². The highest BCUT2D eigenvalue weighted by Crippen LogP contribution is 2.20. The van der Waals surface area contributed by atoms with E-state index in [1.54, 1.807) is 6.07 Å². The predicted molar refractivity (Wildman–Crippen MR) is 88.9 cm³/mol. The largest absolute Gasteiger partial charge is 0.326 e. The third kappa shape index (κ3) is 5.68. The number of carbonyl (C=O) groups is 1. The molecule has 1 aliphatic carbocycles. The summed E-state index contributed by atoms with van der Waals surface area (Å²) in [5.41, 5.74) is 1.84. The molecule has 0 aliphatic heterocycles. The summed E-state index contributed by atoms with van der Waals surface area (Å²) in [6.45, 7) is 2.71. The molecule has 1 fully saturated rings. The van der Waals surface area contributed by atoms with Crippen LogP contribution in [-0.2, 0) is 4.79 Å². The van der Waals surface area contributed by atoms with Gasteiger partial charge in [-0.25, -0.2) is 0 Å². The van der Waals surface area contributed by atoms with E-state index in [-0.39, 0.29) is 5.91 Å². The molecule has 116 valence electrons. The van der Waals surface area contributed by atoms with Crippen molar-refractivity contribution in [2.45, 2.75) is 57.9 Å².